The lowest BCUT2D eigenvalue weighted by Gasteiger charge is -2.09. The number of hydrogen-bond acceptors (Lipinski definition) is 0. The van der Waals surface area contributed by atoms with Crippen LogP contribution in [0.4, 0.5) is 0 Å². The van der Waals surface area contributed by atoms with Gasteiger partial charge < -0.3 is 0 Å². The van der Waals surface area contributed by atoms with Gasteiger partial charge in [0.2, 0.25) is 0 Å². The van der Waals surface area contributed by atoms with Crippen molar-refractivity contribution in [3.05, 3.63) is 71.3 Å². The first-order chi connectivity index (χ1) is 9.24. The average molecular weight is 273 g/mol. The molecule has 0 amide bonds. The minimum absolute atomic E-state index is 0.242. The van der Waals surface area contributed by atoms with E-state index in [1.165, 1.54) is 16.7 Å². The predicted octanol–water partition coefficient (Wildman–Crippen LogP) is 5.17. The fourth-order valence-corrected chi connectivity index (χ4v) is 2.59. The SMILES string of the molecule is Cc1ccc(CC(Cl)CCCc2ccccc2)cc1. The normalized spacial score (nSPS) is 12.3. The highest BCUT2D eigenvalue weighted by atomic mass is 35.5. The topological polar surface area (TPSA) is 0 Å². The Hall–Kier alpha value is -1.27. The molecule has 100 valence electrons. The molecule has 0 N–H and O–H groups in total. The summed E-state index contributed by atoms with van der Waals surface area (Å²) in [5.41, 5.74) is 4.05. The number of hydrogen-bond donors (Lipinski definition) is 0. The number of halogens is 1. The van der Waals surface area contributed by atoms with Crippen LogP contribution >= 0.6 is 11.6 Å². The molecule has 0 aromatic heterocycles. The van der Waals surface area contributed by atoms with E-state index in [4.69, 9.17) is 11.6 Å². The molecule has 0 spiro atoms. The quantitative estimate of drug-likeness (QED) is 0.637. The van der Waals surface area contributed by atoms with Gasteiger partial charge in [-0.2, -0.15) is 0 Å². The summed E-state index contributed by atoms with van der Waals surface area (Å²) < 4.78 is 0. The Bertz CT molecular complexity index is 473. The minimum Gasteiger partial charge on any atom is -0.123 e. The lowest BCUT2D eigenvalue weighted by molar-refractivity contribution is 0.686. The third kappa shape index (κ3) is 5.08. The molecule has 0 aliphatic carbocycles. The van der Waals surface area contributed by atoms with E-state index in [0.29, 0.717) is 0 Å². The lowest BCUT2D eigenvalue weighted by atomic mass is 10.0. The number of rotatable bonds is 6. The molecular weight excluding hydrogens is 252 g/mol. The molecule has 19 heavy (non-hydrogen) atoms. The minimum atomic E-state index is 0.242. The molecule has 1 atom stereocenters. The van der Waals surface area contributed by atoms with E-state index in [1.54, 1.807) is 0 Å². The van der Waals surface area contributed by atoms with Gasteiger partial charge in [-0.15, -0.1) is 11.6 Å². The smallest absolute Gasteiger partial charge is 0.0376 e. The molecular formula is C18H21Cl. The number of benzene rings is 2. The molecule has 0 bridgehead atoms. The van der Waals surface area contributed by atoms with Crippen LogP contribution < -0.4 is 0 Å². The van der Waals surface area contributed by atoms with Gasteiger partial charge in [0.1, 0.15) is 0 Å². The van der Waals surface area contributed by atoms with Crippen molar-refractivity contribution in [3.8, 4) is 0 Å². The summed E-state index contributed by atoms with van der Waals surface area (Å²) in [6, 6.07) is 19.3. The van der Waals surface area contributed by atoms with Gasteiger partial charge in [0.25, 0.3) is 0 Å². The summed E-state index contributed by atoms with van der Waals surface area (Å²) in [6.07, 6.45) is 4.32. The van der Waals surface area contributed by atoms with E-state index < -0.39 is 0 Å². The van der Waals surface area contributed by atoms with Gasteiger partial charge in [0.05, 0.1) is 0 Å². The van der Waals surface area contributed by atoms with E-state index in [9.17, 15) is 0 Å². The van der Waals surface area contributed by atoms with Crippen molar-refractivity contribution in [1.82, 2.24) is 0 Å². The van der Waals surface area contributed by atoms with Crippen molar-refractivity contribution in [1.29, 1.82) is 0 Å². The maximum Gasteiger partial charge on any atom is 0.0376 e. The molecule has 1 heteroatoms. The van der Waals surface area contributed by atoms with Gasteiger partial charge >= 0.3 is 0 Å². The fraction of sp³-hybridized carbons (Fsp3) is 0.333. The zero-order chi connectivity index (χ0) is 13.5. The Morgan fingerprint density at radius 1 is 0.895 bits per heavy atom. The second kappa shape index (κ2) is 7.35. The highest BCUT2D eigenvalue weighted by Gasteiger charge is 2.06. The number of alkyl halides is 1. The molecule has 0 fully saturated rings. The van der Waals surface area contributed by atoms with Crippen molar-refractivity contribution in [2.75, 3.05) is 0 Å². The van der Waals surface area contributed by atoms with Crippen LogP contribution in [0.1, 0.15) is 29.5 Å². The summed E-state index contributed by atoms with van der Waals surface area (Å²) in [5, 5.41) is 0.242. The Kier molecular flexibility index (Phi) is 5.47. The highest BCUT2D eigenvalue weighted by molar-refractivity contribution is 6.20. The summed E-state index contributed by atoms with van der Waals surface area (Å²) in [4.78, 5) is 0. The monoisotopic (exact) mass is 272 g/mol. The van der Waals surface area contributed by atoms with Crippen LogP contribution in [0.25, 0.3) is 0 Å². The average Bonchev–Trinajstić information content (AvgIpc) is 2.43. The molecule has 0 saturated carbocycles. The maximum atomic E-state index is 6.42. The Balaban J connectivity index is 1.73. The first-order valence-corrected chi connectivity index (χ1v) is 7.41. The maximum absolute atomic E-state index is 6.42. The molecule has 1 unspecified atom stereocenters. The largest absolute Gasteiger partial charge is 0.123 e. The Morgan fingerprint density at radius 3 is 2.26 bits per heavy atom. The van der Waals surface area contributed by atoms with Crippen LogP contribution in [0.2, 0.25) is 0 Å². The van der Waals surface area contributed by atoms with Crippen LogP contribution in [0.15, 0.2) is 54.6 Å². The molecule has 2 aromatic rings. The van der Waals surface area contributed by atoms with Crippen LogP contribution in [0.5, 0.6) is 0 Å². The second-order valence-corrected chi connectivity index (χ2v) is 5.78. The van der Waals surface area contributed by atoms with Gasteiger partial charge in [-0.25, -0.2) is 0 Å². The Morgan fingerprint density at radius 2 is 1.58 bits per heavy atom. The first-order valence-electron chi connectivity index (χ1n) is 6.97. The second-order valence-electron chi connectivity index (χ2n) is 5.16. The van der Waals surface area contributed by atoms with Crippen LogP contribution in [0.3, 0.4) is 0 Å². The highest BCUT2D eigenvalue weighted by Crippen LogP contribution is 2.15. The van der Waals surface area contributed by atoms with E-state index in [0.717, 1.165) is 25.7 Å². The van der Waals surface area contributed by atoms with E-state index in [2.05, 4.69) is 61.5 Å². The molecule has 0 heterocycles. The van der Waals surface area contributed by atoms with Gasteiger partial charge in [0, 0.05) is 5.38 Å². The molecule has 2 rings (SSSR count). The van der Waals surface area contributed by atoms with Crippen molar-refractivity contribution >= 4 is 11.6 Å². The summed E-state index contributed by atoms with van der Waals surface area (Å²) in [7, 11) is 0. The summed E-state index contributed by atoms with van der Waals surface area (Å²) in [5.74, 6) is 0. The van der Waals surface area contributed by atoms with E-state index in [1.807, 2.05) is 0 Å². The van der Waals surface area contributed by atoms with Crippen molar-refractivity contribution in [3.63, 3.8) is 0 Å². The zero-order valence-corrected chi connectivity index (χ0v) is 12.2. The first kappa shape index (κ1) is 14.1. The lowest BCUT2D eigenvalue weighted by Crippen LogP contribution is -2.04. The van der Waals surface area contributed by atoms with E-state index in [-0.39, 0.29) is 5.38 Å². The van der Waals surface area contributed by atoms with Crippen molar-refractivity contribution in [2.45, 2.75) is 38.0 Å². The summed E-state index contributed by atoms with van der Waals surface area (Å²) in [6.45, 7) is 2.11. The van der Waals surface area contributed by atoms with Gasteiger partial charge in [0.15, 0.2) is 0 Å². The summed E-state index contributed by atoms with van der Waals surface area (Å²) >= 11 is 6.42. The molecule has 0 aliphatic rings. The molecule has 0 saturated heterocycles. The third-order valence-corrected chi connectivity index (χ3v) is 3.78. The molecule has 0 radical (unpaired) electrons. The number of aryl methyl sites for hydroxylation is 2. The van der Waals surface area contributed by atoms with E-state index >= 15 is 0 Å². The van der Waals surface area contributed by atoms with Crippen LogP contribution in [-0.4, -0.2) is 5.38 Å². The molecule has 2 aromatic carbocycles. The standard InChI is InChI=1S/C18H21Cl/c1-15-10-12-17(13-11-15)14-18(19)9-5-8-16-6-3-2-4-7-16/h2-4,6-7,10-13,18H,5,8-9,14H2,1H3. The fourth-order valence-electron chi connectivity index (χ4n) is 2.25. The van der Waals surface area contributed by atoms with Crippen molar-refractivity contribution in [2.24, 2.45) is 0 Å². The van der Waals surface area contributed by atoms with Crippen molar-refractivity contribution < 1.29 is 0 Å². The molecule has 0 nitrogen and oxygen atoms in total. The van der Waals surface area contributed by atoms with Gasteiger partial charge in [-0.1, -0.05) is 60.2 Å². The van der Waals surface area contributed by atoms with Gasteiger partial charge in [-0.05, 0) is 43.7 Å². The predicted molar refractivity (Wildman–Crippen MR) is 83.9 cm³/mol. The zero-order valence-electron chi connectivity index (χ0n) is 11.5. The third-order valence-electron chi connectivity index (χ3n) is 3.40. The van der Waals surface area contributed by atoms with Crippen LogP contribution in [-0.2, 0) is 12.8 Å². The molecule has 0 aliphatic heterocycles. The van der Waals surface area contributed by atoms with Crippen LogP contribution in [0, 0.1) is 6.92 Å². The Labute approximate surface area is 121 Å². The van der Waals surface area contributed by atoms with Gasteiger partial charge in [-0.3, -0.25) is 0 Å².